The fourth-order valence-corrected chi connectivity index (χ4v) is 1.07. The van der Waals surface area contributed by atoms with E-state index >= 15 is 0 Å². The quantitative estimate of drug-likeness (QED) is 0.454. The van der Waals surface area contributed by atoms with E-state index in [4.69, 9.17) is 5.73 Å². The van der Waals surface area contributed by atoms with Crippen molar-refractivity contribution in [3.8, 4) is 17.6 Å². The zero-order valence-corrected chi connectivity index (χ0v) is 8.90. The molecule has 0 aliphatic rings. The summed E-state index contributed by atoms with van der Waals surface area (Å²) < 4.78 is 39.3. The lowest BCUT2D eigenvalue weighted by Gasteiger charge is -2.09. The molecule has 0 aliphatic heterocycles. The van der Waals surface area contributed by atoms with Crippen LogP contribution in [0.3, 0.4) is 0 Å². The van der Waals surface area contributed by atoms with Gasteiger partial charge >= 0.3 is 6.36 Å². The van der Waals surface area contributed by atoms with Crippen LogP contribution in [0.1, 0.15) is 5.56 Å². The van der Waals surface area contributed by atoms with Gasteiger partial charge in [-0.05, 0) is 12.1 Å². The molecular weight excluding hydrogens is 239 g/mol. The summed E-state index contributed by atoms with van der Waals surface area (Å²) in [5, 5.41) is 0. The molecule has 2 nitrogen and oxygen atoms in total. The van der Waals surface area contributed by atoms with Crippen molar-refractivity contribution >= 4 is 18.3 Å². The van der Waals surface area contributed by atoms with Crippen LogP contribution < -0.4 is 10.5 Å². The molecule has 0 heterocycles. The minimum Gasteiger partial charge on any atom is -0.406 e. The molecule has 0 radical (unpaired) electrons. The molecule has 2 N–H and O–H groups in total. The third-order valence-corrected chi connectivity index (χ3v) is 1.72. The Kier molecular flexibility index (Phi) is 3.96. The highest BCUT2D eigenvalue weighted by Gasteiger charge is 2.31. The lowest BCUT2D eigenvalue weighted by molar-refractivity contribution is -0.274. The van der Waals surface area contributed by atoms with E-state index in [1.807, 2.05) is 0 Å². The Hall–Kier alpha value is -1.48. The van der Waals surface area contributed by atoms with E-state index in [2.05, 4.69) is 29.2 Å². The van der Waals surface area contributed by atoms with Gasteiger partial charge in [0.1, 0.15) is 5.75 Å². The molecule has 1 aromatic rings. The summed E-state index contributed by atoms with van der Waals surface area (Å²) in [6, 6.07) is 3.61. The van der Waals surface area contributed by atoms with E-state index in [0.717, 1.165) is 12.1 Å². The summed E-state index contributed by atoms with van der Waals surface area (Å²) in [6.45, 7) is 0. The maximum Gasteiger partial charge on any atom is 0.573 e. The average molecular weight is 247 g/mol. The number of anilines is 1. The van der Waals surface area contributed by atoms with Gasteiger partial charge in [0.15, 0.2) is 0 Å². The van der Waals surface area contributed by atoms with Gasteiger partial charge in [-0.3, -0.25) is 0 Å². The second kappa shape index (κ2) is 5.03. The van der Waals surface area contributed by atoms with Crippen LogP contribution in [0.25, 0.3) is 0 Å². The van der Waals surface area contributed by atoms with Crippen molar-refractivity contribution in [1.29, 1.82) is 0 Å². The molecule has 86 valence electrons. The summed E-state index contributed by atoms with van der Waals surface area (Å²) in [6.07, 6.45) is -4.72. The van der Waals surface area contributed by atoms with Crippen LogP contribution in [0.15, 0.2) is 18.2 Å². The molecule has 0 amide bonds. The van der Waals surface area contributed by atoms with E-state index in [1.165, 1.54) is 6.07 Å². The van der Waals surface area contributed by atoms with E-state index < -0.39 is 6.36 Å². The smallest absolute Gasteiger partial charge is 0.406 e. The molecule has 0 aliphatic carbocycles. The Bertz CT molecular complexity index is 434. The second-order valence-electron chi connectivity index (χ2n) is 2.76. The number of alkyl halides is 3. The first kappa shape index (κ1) is 12.6. The standard InChI is InChI=1S/C10H8F3NOS/c11-10(12,13)15-8-4-3-7(2-1-5-16)9(14)6-8/h3-4,6,16H,5,14H2. The third kappa shape index (κ3) is 3.95. The van der Waals surface area contributed by atoms with E-state index in [9.17, 15) is 13.2 Å². The van der Waals surface area contributed by atoms with Crippen molar-refractivity contribution < 1.29 is 17.9 Å². The average Bonchev–Trinajstić information content (AvgIpc) is 2.14. The van der Waals surface area contributed by atoms with Gasteiger partial charge in [0.25, 0.3) is 0 Å². The number of thiol groups is 1. The van der Waals surface area contributed by atoms with E-state index in [-0.39, 0.29) is 11.4 Å². The molecule has 1 aromatic carbocycles. The molecule has 0 atom stereocenters. The zero-order valence-electron chi connectivity index (χ0n) is 8.01. The number of rotatable bonds is 1. The molecule has 0 aromatic heterocycles. The monoisotopic (exact) mass is 247 g/mol. The maximum absolute atomic E-state index is 11.9. The highest BCUT2D eigenvalue weighted by atomic mass is 32.1. The molecule has 0 spiro atoms. The first-order chi connectivity index (χ1) is 7.42. The van der Waals surface area contributed by atoms with Crippen molar-refractivity contribution in [2.75, 3.05) is 11.5 Å². The second-order valence-corrected chi connectivity index (χ2v) is 3.07. The van der Waals surface area contributed by atoms with Crippen molar-refractivity contribution in [3.05, 3.63) is 23.8 Å². The van der Waals surface area contributed by atoms with Crippen LogP contribution in [-0.2, 0) is 0 Å². The first-order valence-electron chi connectivity index (χ1n) is 4.17. The highest BCUT2D eigenvalue weighted by Crippen LogP contribution is 2.25. The summed E-state index contributed by atoms with van der Waals surface area (Å²) in [5.41, 5.74) is 6.09. The fraction of sp³-hybridized carbons (Fsp3) is 0.200. The number of hydrogen-bond acceptors (Lipinski definition) is 3. The molecule has 6 heteroatoms. The Morgan fingerprint density at radius 3 is 2.56 bits per heavy atom. The summed E-state index contributed by atoms with van der Waals surface area (Å²) >= 11 is 3.87. The van der Waals surface area contributed by atoms with Crippen molar-refractivity contribution in [1.82, 2.24) is 0 Å². The third-order valence-electron chi connectivity index (χ3n) is 1.56. The fourth-order valence-electron chi connectivity index (χ4n) is 0.987. The minimum atomic E-state index is -4.72. The van der Waals surface area contributed by atoms with E-state index in [0.29, 0.717) is 11.3 Å². The van der Waals surface area contributed by atoms with Gasteiger partial charge in [0.2, 0.25) is 0 Å². The number of benzene rings is 1. The van der Waals surface area contributed by atoms with Gasteiger partial charge in [-0.15, -0.1) is 13.2 Å². The van der Waals surface area contributed by atoms with Gasteiger partial charge in [0.05, 0.1) is 11.4 Å². The van der Waals surface area contributed by atoms with Crippen molar-refractivity contribution in [2.45, 2.75) is 6.36 Å². The zero-order chi connectivity index (χ0) is 12.2. The molecule has 0 unspecified atom stereocenters. The lowest BCUT2D eigenvalue weighted by Crippen LogP contribution is -2.17. The first-order valence-corrected chi connectivity index (χ1v) is 4.80. The molecule has 0 saturated carbocycles. The van der Waals surface area contributed by atoms with Gasteiger partial charge in [-0.25, -0.2) is 0 Å². The van der Waals surface area contributed by atoms with Crippen molar-refractivity contribution in [3.63, 3.8) is 0 Å². The van der Waals surface area contributed by atoms with Crippen LogP contribution in [-0.4, -0.2) is 12.1 Å². The molecule has 0 bridgehead atoms. The lowest BCUT2D eigenvalue weighted by atomic mass is 10.2. The Morgan fingerprint density at radius 1 is 1.38 bits per heavy atom. The van der Waals surface area contributed by atoms with Crippen LogP contribution in [0, 0.1) is 11.8 Å². The van der Waals surface area contributed by atoms with Crippen LogP contribution in [0.5, 0.6) is 5.75 Å². The summed E-state index contributed by atoms with van der Waals surface area (Å²) in [5.74, 6) is 5.30. The van der Waals surface area contributed by atoms with Gasteiger partial charge < -0.3 is 10.5 Å². The largest absolute Gasteiger partial charge is 0.573 e. The predicted molar refractivity (Wildman–Crippen MR) is 58.3 cm³/mol. The molecule has 0 saturated heterocycles. The molecule has 16 heavy (non-hydrogen) atoms. The molecule has 0 fully saturated rings. The van der Waals surface area contributed by atoms with Crippen molar-refractivity contribution in [2.24, 2.45) is 0 Å². The van der Waals surface area contributed by atoms with E-state index in [1.54, 1.807) is 0 Å². The number of ether oxygens (including phenoxy) is 1. The van der Waals surface area contributed by atoms with Gasteiger partial charge in [-0.1, -0.05) is 11.8 Å². The summed E-state index contributed by atoms with van der Waals surface area (Å²) in [7, 11) is 0. The number of nitrogen functional groups attached to an aromatic ring is 1. The molecule has 1 rings (SSSR count). The normalized spacial score (nSPS) is 10.5. The van der Waals surface area contributed by atoms with Crippen LogP contribution in [0.2, 0.25) is 0 Å². The number of nitrogens with two attached hydrogens (primary N) is 1. The Labute approximate surface area is 96.0 Å². The summed E-state index contributed by atoms with van der Waals surface area (Å²) in [4.78, 5) is 0. The van der Waals surface area contributed by atoms with Gasteiger partial charge in [-0.2, -0.15) is 12.6 Å². The maximum atomic E-state index is 11.9. The van der Waals surface area contributed by atoms with Gasteiger partial charge in [0, 0.05) is 11.6 Å². The predicted octanol–water partition coefficient (Wildman–Crippen LogP) is 2.45. The number of halogens is 3. The van der Waals surface area contributed by atoms with Crippen LogP contribution in [0.4, 0.5) is 18.9 Å². The Morgan fingerprint density at radius 2 is 2.06 bits per heavy atom. The van der Waals surface area contributed by atoms with Crippen LogP contribution >= 0.6 is 12.6 Å². The Balaban J connectivity index is 2.91. The molecular formula is C10H8F3NOS. The highest BCUT2D eigenvalue weighted by molar-refractivity contribution is 7.80. The SMILES string of the molecule is Nc1cc(OC(F)(F)F)ccc1C#CCS. The topological polar surface area (TPSA) is 35.2 Å². The minimum absolute atomic E-state index is 0.135. The number of hydrogen-bond donors (Lipinski definition) is 2.